The molecule has 0 spiro atoms. The molecule has 1 heterocycles. The Morgan fingerprint density at radius 3 is 2.31 bits per heavy atom. The van der Waals surface area contributed by atoms with Crippen LogP contribution in [0.3, 0.4) is 0 Å². The molecule has 1 saturated heterocycles. The standard InChI is InChI=1S/C21H27N3O5/c1-4-5-14-12-15(13-17(28-2)18(14)29-3)20(26)23-8-10-24(11-9-23)21(27)19(25)22-16-6-7-16/h4,12-13,16H,1,5-11H2,2-3H3,(H,22,25). The number of benzene rings is 1. The van der Waals surface area contributed by atoms with E-state index < -0.39 is 11.8 Å². The first-order valence-electron chi connectivity index (χ1n) is 9.73. The lowest BCUT2D eigenvalue weighted by Gasteiger charge is -2.34. The minimum atomic E-state index is -0.554. The van der Waals surface area contributed by atoms with Gasteiger partial charge in [0.05, 0.1) is 14.2 Å². The summed E-state index contributed by atoms with van der Waals surface area (Å²) in [4.78, 5) is 40.4. The van der Waals surface area contributed by atoms with E-state index in [2.05, 4.69) is 11.9 Å². The Bertz CT molecular complexity index is 811. The monoisotopic (exact) mass is 401 g/mol. The van der Waals surface area contributed by atoms with E-state index in [9.17, 15) is 14.4 Å². The zero-order chi connectivity index (χ0) is 21.0. The zero-order valence-electron chi connectivity index (χ0n) is 16.9. The van der Waals surface area contributed by atoms with Crippen LogP contribution in [0.4, 0.5) is 0 Å². The van der Waals surface area contributed by atoms with E-state index in [4.69, 9.17) is 9.47 Å². The number of methoxy groups -OCH3 is 2. The second kappa shape index (κ2) is 8.98. The molecule has 3 rings (SSSR count). The third-order valence-corrected chi connectivity index (χ3v) is 5.13. The first-order chi connectivity index (χ1) is 14.0. The van der Waals surface area contributed by atoms with E-state index >= 15 is 0 Å². The molecule has 0 atom stereocenters. The fraction of sp³-hybridized carbons (Fsp3) is 0.476. The van der Waals surface area contributed by atoms with Gasteiger partial charge < -0.3 is 24.6 Å². The van der Waals surface area contributed by atoms with Crippen LogP contribution in [0.2, 0.25) is 0 Å². The fourth-order valence-electron chi connectivity index (χ4n) is 3.39. The Morgan fingerprint density at radius 1 is 1.10 bits per heavy atom. The summed E-state index contributed by atoms with van der Waals surface area (Å²) in [5.74, 6) is -0.155. The average Bonchev–Trinajstić information content (AvgIpc) is 3.56. The summed E-state index contributed by atoms with van der Waals surface area (Å²) in [5.41, 5.74) is 1.31. The number of rotatable bonds is 6. The summed E-state index contributed by atoms with van der Waals surface area (Å²) < 4.78 is 10.8. The number of allylic oxidation sites excluding steroid dienone is 1. The fourth-order valence-corrected chi connectivity index (χ4v) is 3.39. The number of nitrogens with one attached hydrogen (secondary N) is 1. The number of ether oxygens (including phenoxy) is 2. The molecule has 29 heavy (non-hydrogen) atoms. The van der Waals surface area contributed by atoms with Crippen LogP contribution in [0.1, 0.15) is 28.8 Å². The van der Waals surface area contributed by atoms with Gasteiger partial charge in [-0.15, -0.1) is 6.58 Å². The van der Waals surface area contributed by atoms with E-state index in [0.717, 1.165) is 18.4 Å². The number of amides is 3. The van der Waals surface area contributed by atoms with Crippen LogP contribution < -0.4 is 14.8 Å². The Balaban J connectivity index is 1.67. The molecular formula is C21H27N3O5. The third kappa shape index (κ3) is 4.70. The SMILES string of the molecule is C=CCc1cc(C(=O)N2CCN(C(=O)C(=O)NC3CC3)CC2)cc(OC)c1OC. The molecule has 0 unspecified atom stereocenters. The maximum atomic E-state index is 13.0. The van der Waals surface area contributed by atoms with Crippen molar-refractivity contribution in [2.75, 3.05) is 40.4 Å². The van der Waals surface area contributed by atoms with Gasteiger partial charge in [-0.05, 0) is 31.4 Å². The van der Waals surface area contributed by atoms with E-state index in [1.807, 2.05) is 0 Å². The predicted octanol–water partition coefficient (Wildman–Crippen LogP) is 0.995. The van der Waals surface area contributed by atoms with Gasteiger partial charge in [0.2, 0.25) is 0 Å². The number of carbonyl (C=O) groups excluding carboxylic acids is 3. The summed E-state index contributed by atoms with van der Waals surface area (Å²) in [6.45, 7) is 5.14. The largest absolute Gasteiger partial charge is 0.493 e. The van der Waals surface area contributed by atoms with Crippen molar-refractivity contribution >= 4 is 17.7 Å². The van der Waals surface area contributed by atoms with Gasteiger partial charge in [-0.3, -0.25) is 14.4 Å². The van der Waals surface area contributed by atoms with Gasteiger partial charge in [-0.25, -0.2) is 0 Å². The molecule has 2 aliphatic rings. The van der Waals surface area contributed by atoms with Crippen molar-refractivity contribution in [2.24, 2.45) is 0 Å². The highest BCUT2D eigenvalue weighted by Crippen LogP contribution is 2.33. The van der Waals surface area contributed by atoms with Crippen LogP contribution in [0.25, 0.3) is 0 Å². The molecule has 8 nitrogen and oxygen atoms in total. The topological polar surface area (TPSA) is 88.2 Å². The lowest BCUT2D eigenvalue weighted by molar-refractivity contribution is -0.146. The molecular weight excluding hydrogens is 374 g/mol. The number of nitrogens with zero attached hydrogens (tertiary/aromatic N) is 2. The average molecular weight is 401 g/mol. The maximum absolute atomic E-state index is 13.0. The van der Waals surface area contributed by atoms with E-state index in [-0.39, 0.29) is 11.9 Å². The lowest BCUT2D eigenvalue weighted by atomic mass is 10.0. The van der Waals surface area contributed by atoms with Crippen molar-refractivity contribution in [3.05, 3.63) is 35.9 Å². The second-order valence-corrected chi connectivity index (χ2v) is 7.20. The second-order valence-electron chi connectivity index (χ2n) is 7.20. The van der Waals surface area contributed by atoms with Gasteiger partial charge in [0.15, 0.2) is 11.5 Å². The van der Waals surface area contributed by atoms with E-state index in [0.29, 0.717) is 49.7 Å². The van der Waals surface area contributed by atoms with Crippen molar-refractivity contribution in [1.29, 1.82) is 0 Å². The Labute approximate surface area is 170 Å². The Kier molecular flexibility index (Phi) is 6.41. The van der Waals surface area contributed by atoms with Crippen LogP contribution >= 0.6 is 0 Å². The van der Waals surface area contributed by atoms with E-state index in [1.165, 1.54) is 12.0 Å². The van der Waals surface area contributed by atoms with Gasteiger partial charge in [-0.1, -0.05) is 6.08 Å². The zero-order valence-corrected chi connectivity index (χ0v) is 16.9. The van der Waals surface area contributed by atoms with Crippen molar-refractivity contribution in [3.63, 3.8) is 0 Å². The highest BCUT2D eigenvalue weighted by Gasteiger charge is 2.32. The number of hydrogen-bond donors (Lipinski definition) is 1. The minimum absolute atomic E-state index is 0.143. The van der Waals surface area contributed by atoms with Gasteiger partial charge in [0.25, 0.3) is 5.91 Å². The lowest BCUT2D eigenvalue weighted by Crippen LogP contribution is -2.54. The summed E-state index contributed by atoms with van der Waals surface area (Å²) in [6, 6.07) is 3.59. The van der Waals surface area contributed by atoms with Crippen LogP contribution in [0.5, 0.6) is 11.5 Å². The molecule has 8 heteroatoms. The number of carbonyl (C=O) groups is 3. The predicted molar refractivity (Wildman–Crippen MR) is 107 cm³/mol. The smallest absolute Gasteiger partial charge is 0.312 e. The highest BCUT2D eigenvalue weighted by molar-refractivity contribution is 6.35. The molecule has 2 fully saturated rings. The number of piperazine rings is 1. The molecule has 156 valence electrons. The first kappa shape index (κ1) is 20.7. The summed E-state index contributed by atoms with van der Waals surface area (Å²) in [5, 5.41) is 2.71. The molecule has 0 bridgehead atoms. The van der Waals surface area contributed by atoms with Crippen molar-refractivity contribution in [2.45, 2.75) is 25.3 Å². The Hall–Kier alpha value is -3.03. The minimum Gasteiger partial charge on any atom is -0.493 e. The highest BCUT2D eigenvalue weighted by atomic mass is 16.5. The van der Waals surface area contributed by atoms with Gasteiger partial charge in [-0.2, -0.15) is 0 Å². The molecule has 0 radical (unpaired) electrons. The normalized spacial score (nSPS) is 16.2. The molecule has 1 aromatic carbocycles. The van der Waals surface area contributed by atoms with Crippen LogP contribution in [-0.4, -0.2) is 74.0 Å². The summed E-state index contributed by atoms with van der Waals surface area (Å²) in [7, 11) is 3.09. The molecule has 1 aromatic rings. The molecule has 1 aliphatic carbocycles. The van der Waals surface area contributed by atoms with Crippen LogP contribution in [0.15, 0.2) is 24.8 Å². The van der Waals surface area contributed by atoms with Gasteiger partial charge >= 0.3 is 11.8 Å². The van der Waals surface area contributed by atoms with Crippen molar-refractivity contribution in [1.82, 2.24) is 15.1 Å². The summed E-state index contributed by atoms with van der Waals surface area (Å²) in [6.07, 6.45) is 4.14. The van der Waals surface area contributed by atoms with Gasteiger partial charge in [0, 0.05) is 43.3 Å². The molecule has 0 aromatic heterocycles. The number of hydrogen-bond acceptors (Lipinski definition) is 5. The first-order valence-corrected chi connectivity index (χ1v) is 9.73. The van der Waals surface area contributed by atoms with Crippen LogP contribution in [-0.2, 0) is 16.0 Å². The maximum Gasteiger partial charge on any atom is 0.312 e. The molecule has 3 amide bonds. The van der Waals surface area contributed by atoms with Crippen LogP contribution in [0, 0.1) is 0 Å². The van der Waals surface area contributed by atoms with Crippen molar-refractivity contribution < 1.29 is 23.9 Å². The molecule has 1 saturated carbocycles. The third-order valence-electron chi connectivity index (χ3n) is 5.13. The van der Waals surface area contributed by atoms with Gasteiger partial charge in [0.1, 0.15) is 0 Å². The van der Waals surface area contributed by atoms with Crippen molar-refractivity contribution in [3.8, 4) is 11.5 Å². The Morgan fingerprint density at radius 2 is 1.76 bits per heavy atom. The summed E-state index contributed by atoms with van der Waals surface area (Å²) >= 11 is 0. The quantitative estimate of drug-likeness (QED) is 0.567. The van der Waals surface area contributed by atoms with E-state index in [1.54, 1.807) is 30.2 Å². The molecule has 1 aliphatic heterocycles. The molecule has 1 N–H and O–H groups in total.